The minimum absolute atomic E-state index is 1.22. The number of hydrogen-bond acceptors (Lipinski definition) is 4. The topological polar surface area (TPSA) is 36.9 Å². The van der Waals surface area contributed by atoms with E-state index in [0.29, 0.717) is 0 Å². The van der Waals surface area contributed by atoms with Crippen LogP contribution in [-0.4, -0.2) is 38.7 Å². The summed E-state index contributed by atoms with van der Waals surface area (Å²) in [6.45, 7) is 6.82. The highest BCUT2D eigenvalue weighted by Gasteiger charge is 2.50. The lowest BCUT2D eigenvalue weighted by molar-refractivity contribution is 0.0464. The summed E-state index contributed by atoms with van der Waals surface area (Å²) in [5.41, 5.74) is 0. The zero-order chi connectivity index (χ0) is 20.4. The van der Waals surface area contributed by atoms with Crippen molar-refractivity contribution in [3.63, 3.8) is 0 Å². The second-order valence-corrected chi connectivity index (χ2v) is 14.7. The molecule has 4 nitrogen and oxygen atoms in total. The maximum Gasteiger partial charge on any atom is 0.668 e. The van der Waals surface area contributed by atoms with Crippen molar-refractivity contribution < 1.29 is 17.4 Å². The van der Waals surface area contributed by atoms with E-state index in [2.05, 4.69) is 20.8 Å². The van der Waals surface area contributed by atoms with Crippen LogP contribution in [-0.2, 0) is 17.4 Å². The quantitative estimate of drug-likeness (QED) is 0.156. The largest absolute Gasteiger partial charge is 0.668 e. The van der Waals surface area contributed by atoms with Gasteiger partial charge in [-0.15, -0.1) is 0 Å². The average Bonchev–Trinajstić information content (AvgIpc) is 2.70. The van der Waals surface area contributed by atoms with Crippen molar-refractivity contribution in [3.05, 3.63) is 0 Å². The second-order valence-electron chi connectivity index (χ2n) is 7.83. The van der Waals surface area contributed by atoms with E-state index in [-0.39, 0.29) is 0 Å². The molecule has 0 aliphatic rings. The van der Waals surface area contributed by atoms with E-state index < -0.39 is 17.4 Å². The third-order valence-corrected chi connectivity index (χ3v) is 13.6. The summed E-state index contributed by atoms with van der Waals surface area (Å²) in [6, 6.07) is 3.66. The summed E-state index contributed by atoms with van der Waals surface area (Å²) < 4.78 is 23.9. The van der Waals surface area contributed by atoms with E-state index in [1.54, 1.807) is 21.3 Å². The van der Waals surface area contributed by atoms with Crippen molar-refractivity contribution >= 4 is 17.4 Å². The third kappa shape index (κ3) is 11.8. The smallest absolute Gasteiger partial charge is 0.393 e. The van der Waals surface area contributed by atoms with Crippen LogP contribution in [0.3, 0.4) is 0 Å². The highest BCUT2D eigenvalue weighted by molar-refractivity contribution is 6.80. The van der Waals surface area contributed by atoms with E-state index in [9.17, 15) is 0 Å². The van der Waals surface area contributed by atoms with Gasteiger partial charge >= 0.3 is 9.05 Å². The molecule has 0 heterocycles. The fourth-order valence-corrected chi connectivity index (χ4v) is 12.1. The van der Waals surface area contributed by atoms with Crippen molar-refractivity contribution in [1.82, 2.24) is 0 Å². The molecule has 0 aliphatic heterocycles. The molecule has 0 rings (SSSR count). The Bertz CT molecular complexity index is 286. The van der Waals surface area contributed by atoms with Crippen LogP contribution in [0.25, 0.3) is 0 Å². The maximum atomic E-state index is 6.83. The Morgan fingerprint density at radius 1 is 0.481 bits per heavy atom. The summed E-state index contributed by atoms with van der Waals surface area (Å²) in [5.74, 6) is 0. The van der Waals surface area contributed by atoms with E-state index >= 15 is 0 Å². The molecule has 6 heteroatoms. The lowest BCUT2D eigenvalue weighted by Crippen LogP contribution is -2.56. The van der Waals surface area contributed by atoms with Gasteiger partial charge < -0.3 is 17.4 Å². The molecule has 0 aliphatic carbocycles. The minimum Gasteiger partial charge on any atom is -0.393 e. The molecular weight excluding hydrogens is 372 g/mol. The van der Waals surface area contributed by atoms with Gasteiger partial charge in [-0.2, -0.15) is 0 Å². The molecule has 0 amide bonds. The summed E-state index contributed by atoms with van der Waals surface area (Å²) in [5, 5.41) is 0. The van der Waals surface area contributed by atoms with E-state index in [1.807, 2.05) is 0 Å². The van der Waals surface area contributed by atoms with Crippen LogP contribution >= 0.6 is 0 Å². The first-order valence-corrected chi connectivity index (χ1v) is 15.6. The predicted molar refractivity (Wildman–Crippen MR) is 120 cm³/mol. The first kappa shape index (κ1) is 27.3. The Morgan fingerprint density at radius 3 is 1.07 bits per heavy atom. The highest BCUT2D eigenvalue weighted by atomic mass is 28.5. The highest BCUT2D eigenvalue weighted by Crippen LogP contribution is 2.34. The molecule has 0 N–H and O–H groups in total. The van der Waals surface area contributed by atoms with Gasteiger partial charge in [0.25, 0.3) is 0 Å². The number of hydrogen-bond donors (Lipinski definition) is 0. The molecule has 0 atom stereocenters. The van der Waals surface area contributed by atoms with Crippen molar-refractivity contribution in [3.8, 4) is 0 Å². The van der Waals surface area contributed by atoms with Gasteiger partial charge in [-0.05, 0) is 18.1 Å². The fourth-order valence-electron chi connectivity index (χ4n) is 3.79. The first-order valence-electron chi connectivity index (χ1n) is 11.4. The van der Waals surface area contributed by atoms with Gasteiger partial charge in [0.05, 0.1) is 0 Å². The molecule has 0 radical (unpaired) electrons. The lowest BCUT2D eigenvalue weighted by atomic mass is 10.2. The second kappa shape index (κ2) is 17.2. The van der Waals surface area contributed by atoms with Gasteiger partial charge in [-0.25, -0.2) is 0 Å². The summed E-state index contributed by atoms with van der Waals surface area (Å²) in [4.78, 5) is 0. The molecule has 27 heavy (non-hydrogen) atoms. The predicted octanol–water partition coefficient (Wildman–Crippen LogP) is 7.06. The lowest BCUT2D eigenvalue weighted by Gasteiger charge is -2.38. The molecule has 0 saturated heterocycles. The SMILES string of the molecule is CCCCCC[Si](CCCCCC)(CCCCCC)O[Si](OC)(OC)OC. The average molecular weight is 421 g/mol. The van der Waals surface area contributed by atoms with Crippen molar-refractivity contribution in [2.75, 3.05) is 21.3 Å². The Labute approximate surface area is 172 Å². The normalized spacial score (nSPS) is 12.7. The van der Waals surface area contributed by atoms with Gasteiger partial charge in [0.1, 0.15) is 0 Å². The van der Waals surface area contributed by atoms with Crippen LogP contribution in [0.4, 0.5) is 0 Å². The summed E-state index contributed by atoms with van der Waals surface area (Å²) >= 11 is 0. The van der Waals surface area contributed by atoms with Gasteiger partial charge in [-0.3, -0.25) is 0 Å². The monoisotopic (exact) mass is 420 g/mol. The first-order chi connectivity index (χ1) is 13.1. The minimum atomic E-state index is -3.00. The third-order valence-electron chi connectivity index (χ3n) is 5.55. The van der Waals surface area contributed by atoms with Crippen molar-refractivity contribution in [1.29, 1.82) is 0 Å². The molecule has 0 aromatic rings. The molecular formula is C21H48O4Si2. The Morgan fingerprint density at radius 2 is 0.815 bits per heavy atom. The zero-order valence-corrected chi connectivity index (χ0v) is 21.2. The van der Waals surface area contributed by atoms with E-state index in [0.717, 1.165) is 0 Å². The molecule has 0 fully saturated rings. The van der Waals surface area contributed by atoms with Gasteiger partial charge in [-0.1, -0.05) is 97.8 Å². The zero-order valence-electron chi connectivity index (χ0n) is 19.2. The van der Waals surface area contributed by atoms with Crippen LogP contribution in [0, 0.1) is 0 Å². The van der Waals surface area contributed by atoms with E-state index in [1.165, 1.54) is 95.2 Å². The number of unbranched alkanes of at least 4 members (excludes halogenated alkanes) is 9. The van der Waals surface area contributed by atoms with Crippen LogP contribution in [0.15, 0.2) is 0 Å². The van der Waals surface area contributed by atoms with Crippen LogP contribution in [0.2, 0.25) is 18.1 Å². The Hall–Kier alpha value is 0.274. The molecule has 0 aromatic carbocycles. The van der Waals surface area contributed by atoms with Gasteiger partial charge in [0, 0.05) is 21.3 Å². The van der Waals surface area contributed by atoms with Gasteiger partial charge in [0.15, 0.2) is 8.32 Å². The van der Waals surface area contributed by atoms with Crippen molar-refractivity contribution in [2.24, 2.45) is 0 Å². The Balaban J connectivity index is 5.24. The van der Waals surface area contributed by atoms with Crippen molar-refractivity contribution in [2.45, 2.75) is 116 Å². The molecule has 0 bridgehead atoms. The number of rotatable bonds is 20. The standard InChI is InChI=1S/C21H48O4Si2/c1-7-10-13-16-19-26(20-17-14-11-8-2,21-18-15-12-9-3)25-27(22-4,23-5)24-6/h7-21H2,1-6H3. The van der Waals surface area contributed by atoms with E-state index in [4.69, 9.17) is 17.4 Å². The molecule has 0 saturated carbocycles. The summed E-state index contributed by atoms with van der Waals surface area (Å²) in [7, 11) is 0.0571. The maximum absolute atomic E-state index is 6.83. The van der Waals surface area contributed by atoms with Crippen LogP contribution in [0.1, 0.15) is 97.8 Å². The van der Waals surface area contributed by atoms with Crippen LogP contribution in [0.5, 0.6) is 0 Å². The molecule has 0 unspecified atom stereocenters. The van der Waals surface area contributed by atoms with Gasteiger partial charge in [0.2, 0.25) is 0 Å². The summed E-state index contributed by atoms with van der Waals surface area (Å²) in [6.07, 6.45) is 15.5. The molecule has 0 aromatic heterocycles. The Kier molecular flexibility index (Phi) is 17.3. The molecule has 0 spiro atoms. The van der Waals surface area contributed by atoms with Crippen LogP contribution < -0.4 is 0 Å². The fraction of sp³-hybridized carbons (Fsp3) is 1.00. The molecule has 164 valence electrons.